The Labute approximate surface area is 138 Å². The van der Waals surface area contributed by atoms with Gasteiger partial charge in [-0.3, -0.25) is 0 Å². The molecule has 0 radical (unpaired) electrons. The van der Waals surface area contributed by atoms with Crippen molar-refractivity contribution in [3.8, 4) is 11.5 Å². The quantitative estimate of drug-likeness (QED) is 0.783. The van der Waals surface area contributed by atoms with E-state index in [0.717, 1.165) is 42.1 Å². The van der Waals surface area contributed by atoms with E-state index in [1.165, 1.54) is 18.4 Å². The number of benzene rings is 2. The lowest BCUT2D eigenvalue weighted by Crippen LogP contribution is -2.13. The maximum atomic E-state index is 6.33. The molecule has 1 aliphatic rings. The van der Waals surface area contributed by atoms with Crippen LogP contribution >= 0.6 is 0 Å². The van der Waals surface area contributed by atoms with Crippen LogP contribution in [-0.4, -0.2) is 13.2 Å². The van der Waals surface area contributed by atoms with Crippen molar-refractivity contribution in [3.63, 3.8) is 0 Å². The smallest absolute Gasteiger partial charge is 0.166 e. The van der Waals surface area contributed by atoms with Gasteiger partial charge >= 0.3 is 0 Å². The summed E-state index contributed by atoms with van der Waals surface area (Å²) in [5.41, 5.74) is 3.35. The van der Waals surface area contributed by atoms with E-state index in [2.05, 4.69) is 30.4 Å². The number of anilines is 2. The molecule has 0 amide bonds. The Morgan fingerprint density at radius 1 is 1.04 bits per heavy atom. The highest BCUT2D eigenvalue weighted by molar-refractivity contribution is 5.69. The third kappa shape index (κ3) is 3.61. The normalized spacial score (nSPS) is 14.7. The lowest BCUT2D eigenvalue weighted by molar-refractivity contribution is 0.199. The molecule has 0 heterocycles. The molecule has 1 saturated carbocycles. The molecule has 0 bridgehead atoms. The average Bonchev–Trinajstić information content (AvgIpc) is 3.09. The van der Waals surface area contributed by atoms with Gasteiger partial charge in [0.15, 0.2) is 11.5 Å². The number of ether oxygens (including phenoxy) is 2. The van der Waals surface area contributed by atoms with Gasteiger partial charge in [-0.1, -0.05) is 25.1 Å². The van der Waals surface area contributed by atoms with Crippen LogP contribution in [-0.2, 0) is 6.42 Å². The van der Waals surface area contributed by atoms with Crippen LogP contribution in [0.25, 0.3) is 0 Å². The van der Waals surface area contributed by atoms with Gasteiger partial charge in [0.2, 0.25) is 0 Å². The van der Waals surface area contributed by atoms with Gasteiger partial charge in [-0.15, -0.1) is 0 Å². The van der Waals surface area contributed by atoms with Crippen molar-refractivity contribution in [2.75, 3.05) is 12.4 Å². The molecule has 3 heteroatoms. The van der Waals surface area contributed by atoms with Gasteiger partial charge in [-0.25, -0.2) is 0 Å². The SMILES string of the molecule is CCc1c(Nc2ccccc2)ccc(OC)c1OC1CCCC1. The van der Waals surface area contributed by atoms with Crippen molar-refractivity contribution in [3.05, 3.63) is 48.0 Å². The van der Waals surface area contributed by atoms with E-state index >= 15 is 0 Å². The largest absolute Gasteiger partial charge is 0.493 e. The molecule has 3 rings (SSSR count). The first-order valence-electron chi connectivity index (χ1n) is 8.50. The van der Waals surface area contributed by atoms with Crippen LogP contribution in [0.3, 0.4) is 0 Å². The molecule has 0 aliphatic heterocycles. The maximum Gasteiger partial charge on any atom is 0.166 e. The molecule has 23 heavy (non-hydrogen) atoms. The fourth-order valence-electron chi connectivity index (χ4n) is 3.21. The highest BCUT2D eigenvalue weighted by atomic mass is 16.5. The van der Waals surface area contributed by atoms with E-state index in [4.69, 9.17) is 9.47 Å². The molecule has 0 aromatic heterocycles. The van der Waals surface area contributed by atoms with Crippen LogP contribution in [0.1, 0.15) is 38.2 Å². The zero-order chi connectivity index (χ0) is 16.1. The van der Waals surface area contributed by atoms with Crippen molar-refractivity contribution >= 4 is 11.4 Å². The van der Waals surface area contributed by atoms with E-state index in [0.29, 0.717) is 6.10 Å². The Morgan fingerprint density at radius 3 is 2.43 bits per heavy atom. The van der Waals surface area contributed by atoms with E-state index in [-0.39, 0.29) is 0 Å². The molecule has 3 nitrogen and oxygen atoms in total. The summed E-state index contributed by atoms with van der Waals surface area (Å²) < 4.78 is 11.9. The van der Waals surface area contributed by atoms with Gasteiger partial charge in [0, 0.05) is 16.9 Å². The fourth-order valence-corrected chi connectivity index (χ4v) is 3.21. The Morgan fingerprint density at radius 2 is 1.78 bits per heavy atom. The number of hydrogen-bond acceptors (Lipinski definition) is 3. The van der Waals surface area contributed by atoms with Crippen LogP contribution in [0, 0.1) is 0 Å². The van der Waals surface area contributed by atoms with Crippen LogP contribution in [0.15, 0.2) is 42.5 Å². The van der Waals surface area contributed by atoms with Crippen LogP contribution < -0.4 is 14.8 Å². The molecule has 1 aliphatic carbocycles. The first-order chi connectivity index (χ1) is 11.3. The Bertz CT molecular complexity index is 634. The second kappa shape index (κ2) is 7.40. The number of methoxy groups -OCH3 is 1. The molecule has 122 valence electrons. The summed E-state index contributed by atoms with van der Waals surface area (Å²) in [6.07, 6.45) is 6.02. The molecule has 0 unspecified atom stereocenters. The second-order valence-electron chi connectivity index (χ2n) is 5.99. The molecule has 0 atom stereocenters. The van der Waals surface area contributed by atoms with Crippen molar-refractivity contribution in [1.29, 1.82) is 0 Å². The molecule has 0 spiro atoms. The van der Waals surface area contributed by atoms with Gasteiger partial charge in [0.25, 0.3) is 0 Å². The van der Waals surface area contributed by atoms with Gasteiger partial charge in [-0.05, 0) is 56.4 Å². The predicted molar refractivity (Wildman–Crippen MR) is 95.0 cm³/mol. The summed E-state index contributed by atoms with van der Waals surface area (Å²) in [5, 5.41) is 3.50. The van der Waals surface area contributed by atoms with Crippen molar-refractivity contribution in [2.24, 2.45) is 0 Å². The van der Waals surface area contributed by atoms with E-state index in [1.54, 1.807) is 7.11 Å². The highest BCUT2D eigenvalue weighted by Gasteiger charge is 2.21. The number of para-hydroxylation sites is 1. The summed E-state index contributed by atoms with van der Waals surface area (Å²) in [5.74, 6) is 1.73. The average molecular weight is 311 g/mol. The third-order valence-corrected chi connectivity index (χ3v) is 4.44. The van der Waals surface area contributed by atoms with E-state index < -0.39 is 0 Å². The van der Waals surface area contributed by atoms with Gasteiger partial charge < -0.3 is 14.8 Å². The summed E-state index contributed by atoms with van der Waals surface area (Å²) in [7, 11) is 1.71. The first kappa shape index (κ1) is 15.7. The summed E-state index contributed by atoms with van der Waals surface area (Å²) >= 11 is 0. The molecule has 1 fully saturated rings. The molecule has 0 saturated heterocycles. The monoisotopic (exact) mass is 311 g/mol. The molecule has 2 aromatic carbocycles. The molecule has 1 N–H and O–H groups in total. The van der Waals surface area contributed by atoms with Gasteiger partial charge in [0.05, 0.1) is 13.2 Å². The summed E-state index contributed by atoms with van der Waals surface area (Å²) in [6.45, 7) is 2.16. The maximum absolute atomic E-state index is 6.33. The first-order valence-corrected chi connectivity index (χ1v) is 8.50. The Balaban J connectivity index is 1.93. The zero-order valence-electron chi connectivity index (χ0n) is 14.0. The lowest BCUT2D eigenvalue weighted by atomic mass is 10.1. The van der Waals surface area contributed by atoms with Crippen LogP contribution in [0.4, 0.5) is 11.4 Å². The topological polar surface area (TPSA) is 30.5 Å². The highest BCUT2D eigenvalue weighted by Crippen LogP contribution is 2.40. The van der Waals surface area contributed by atoms with Gasteiger partial charge in [-0.2, -0.15) is 0 Å². The minimum atomic E-state index is 0.321. The minimum Gasteiger partial charge on any atom is -0.493 e. The molecular weight excluding hydrogens is 286 g/mol. The number of nitrogens with one attached hydrogen (secondary N) is 1. The van der Waals surface area contributed by atoms with Crippen molar-refractivity contribution in [1.82, 2.24) is 0 Å². The standard InChI is InChI=1S/C20H25NO2/c1-3-17-18(21-15-9-5-4-6-10-15)13-14-19(22-2)20(17)23-16-11-7-8-12-16/h4-6,9-10,13-14,16,21H,3,7-8,11-12H2,1-2H3. The predicted octanol–water partition coefficient (Wildman–Crippen LogP) is 5.32. The van der Waals surface area contributed by atoms with Crippen LogP contribution in [0.2, 0.25) is 0 Å². The fraction of sp³-hybridized carbons (Fsp3) is 0.400. The minimum absolute atomic E-state index is 0.321. The Kier molecular flexibility index (Phi) is 5.06. The second-order valence-corrected chi connectivity index (χ2v) is 5.99. The van der Waals surface area contributed by atoms with E-state index in [1.807, 2.05) is 24.3 Å². The van der Waals surface area contributed by atoms with Crippen LogP contribution in [0.5, 0.6) is 11.5 Å². The summed E-state index contributed by atoms with van der Waals surface area (Å²) in [4.78, 5) is 0. The third-order valence-electron chi connectivity index (χ3n) is 4.44. The number of rotatable bonds is 6. The molecule has 2 aromatic rings. The zero-order valence-corrected chi connectivity index (χ0v) is 14.0. The number of hydrogen-bond donors (Lipinski definition) is 1. The van der Waals surface area contributed by atoms with Crippen molar-refractivity contribution in [2.45, 2.75) is 45.1 Å². The van der Waals surface area contributed by atoms with E-state index in [9.17, 15) is 0 Å². The van der Waals surface area contributed by atoms with Gasteiger partial charge in [0.1, 0.15) is 0 Å². The molecular formula is C20H25NO2. The lowest BCUT2D eigenvalue weighted by Gasteiger charge is -2.21. The van der Waals surface area contributed by atoms with Crippen molar-refractivity contribution < 1.29 is 9.47 Å². The Hall–Kier alpha value is -2.16. The summed E-state index contributed by atoms with van der Waals surface area (Å²) in [6, 6.07) is 14.3.